The van der Waals surface area contributed by atoms with E-state index in [1.54, 1.807) is 0 Å². The van der Waals surface area contributed by atoms with E-state index in [1.165, 1.54) is 33.5 Å². The van der Waals surface area contributed by atoms with Gasteiger partial charge in [-0.05, 0) is 46.9 Å². The Balaban J connectivity index is 1.46. The molecule has 0 saturated heterocycles. The van der Waals surface area contributed by atoms with Gasteiger partial charge in [-0.1, -0.05) is 115 Å². The molecule has 1 aliphatic rings. The predicted molar refractivity (Wildman–Crippen MR) is 157 cm³/mol. The number of aromatic nitrogens is 2. The molecule has 1 aliphatic heterocycles. The number of fused-ring (bicyclic) bond motifs is 2. The van der Waals surface area contributed by atoms with Crippen molar-refractivity contribution in [3.63, 3.8) is 0 Å². The summed E-state index contributed by atoms with van der Waals surface area (Å²) in [4.78, 5) is 11.0. The van der Waals surface area contributed by atoms with Gasteiger partial charge >= 0.3 is 0 Å². The molecule has 0 spiro atoms. The molecule has 3 heteroatoms. The fourth-order valence-corrected chi connectivity index (χ4v) is 6.54. The van der Waals surface area contributed by atoms with Crippen molar-refractivity contribution in [2.75, 3.05) is 11.9 Å². The zero-order chi connectivity index (χ0) is 25.5. The van der Waals surface area contributed by atoms with Gasteiger partial charge in [-0.25, -0.2) is 4.98 Å². The molecule has 7 rings (SSSR count). The molecule has 5 aromatic carbocycles. The van der Waals surface area contributed by atoms with Crippen LogP contribution in [-0.2, 0) is 11.8 Å². The highest BCUT2D eigenvalue weighted by atomic mass is 15.2. The van der Waals surface area contributed by atoms with Gasteiger partial charge in [-0.2, -0.15) is 0 Å². The largest absolute Gasteiger partial charge is 0.369 e. The highest BCUT2D eigenvalue weighted by Gasteiger charge is 2.49. The Morgan fingerprint density at radius 2 is 1.21 bits per heavy atom. The molecule has 184 valence electrons. The number of benzene rings is 5. The van der Waals surface area contributed by atoms with Crippen molar-refractivity contribution < 1.29 is 0 Å². The third-order valence-electron chi connectivity index (χ3n) is 8.23. The summed E-state index contributed by atoms with van der Waals surface area (Å²) in [6.07, 6.45) is 0.901. The highest BCUT2D eigenvalue weighted by Crippen LogP contribution is 2.50. The Bertz CT molecular complexity index is 1570. The lowest BCUT2D eigenvalue weighted by Crippen LogP contribution is -2.49. The van der Waals surface area contributed by atoms with Crippen LogP contribution in [-0.4, -0.2) is 23.1 Å². The number of imidazole rings is 1. The van der Waals surface area contributed by atoms with Crippen LogP contribution in [0.25, 0.3) is 22.4 Å². The second-order valence-electron chi connectivity index (χ2n) is 10.1. The molecule has 2 heterocycles. The maximum Gasteiger partial charge on any atom is 0.138 e. The second kappa shape index (κ2) is 9.04. The van der Waals surface area contributed by atoms with Gasteiger partial charge in [0.15, 0.2) is 0 Å². The molecule has 1 aromatic heterocycles. The topological polar surface area (TPSA) is 31.9 Å². The van der Waals surface area contributed by atoms with Gasteiger partial charge < -0.3 is 9.88 Å². The van der Waals surface area contributed by atoms with Crippen LogP contribution in [0.2, 0.25) is 0 Å². The van der Waals surface area contributed by atoms with Gasteiger partial charge in [0.25, 0.3) is 0 Å². The van der Waals surface area contributed by atoms with Crippen molar-refractivity contribution in [1.82, 2.24) is 9.97 Å². The van der Waals surface area contributed by atoms with E-state index in [0.29, 0.717) is 0 Å². The second-order valence-corrected chi connectivity index (χ2v) is 10.1. The minimum atomic E-state index is -0.372. The third-order valence-corrected chi connectivity index (χ3v) is 8.23. The first-order valence-electron chi connectivity index (χ1n) is 13.2. The van der Waals surface area contributed by atoms with E-state index < -0.39 is 0 Å². The number of likely N-dealkylation sites (N-methyl/N-ethyl adjacent to an activating group) is 1. The number of nitrogens with zero attached hydrogens (tertiary/aromatic N) is 2. The summed E-state index contributed by atoms with van der Waals surface area (Å²) in [6, 6.07) is 48.1. The van der Waals surface area contributed by atoms with E-state index >= 15 is 0 Å². The maximum atomic E-state index is 4.97. The Kier molecular flexibility index (Phi) is 5.36. The van der Waals surface area contributed by atoms with E-state index in [0.717, 1.165) is 23.3 Å². The molecule has 6 aromatic rings. The van der Waals surface area contributed by atoms with Crippen molar-refractivity contribution >= 4 is 16.7 Å². The molecular weight excluding hydrogens is 462 g/mol. The van der Waals surface area contributed by atoms with Gasteiger partial charge in [0.2, 0.25) is 0 Å². The van der Waals surface area contributed by atoms with Gasteiger partial charge in [0, 0.05) is 18.3 Å². The fourth-order valence-electron chi connectivity index (χ4n) is 6.54. The molecular formula is C35H29N3. The highest BCUT2D eigenvalue weighted by molar-refractivity contribution is 5.82. The van der Waals surface area contributed by atoms with Crippen LogP contribution in [0.3, 0.4) is 0 Å². The minimum absolute atomic E-state index is 0.162. The van der Waals surface area contributed by atoms with E-state index in [4.69, 9.17) is 4.98 Å². The van der Waals surface area contributed by atoms with Crippen molar-refractivity contribution in [3.8, 4) is 11.4 Å². The van der Waals surface area contributed by atoms with Crippen molar-refractivity contribution in [3.05, 3.63) is 156 Å². The van der Waals surface area contributed by atoms with Gasteiger partial charge in [-0.3, -0.25) is 0 Å². The van der Waals surface area contributed by atoms with E-state index in [2.05, 4.69) is 144 Å². The van der Waals surface area contributed by atoms with E-state index in [-0.39, 0.29) is 11.5 Å². The number of nitrogens with one attached hydrogen (secondary N) is 1. The SMILES string of the molecule is CN1c2cccc(-c3nc4ccccc4[nH]3)c2CC1C(c1ccccc1)(c1ccccc1)c1ccccc1. The molecule has 1 atom stereocenters. The minimum Gasteiger partial charge on any atom is -0.369 e. The number of anilines is 1. The van der Waals surface area contributed by atoms with Crippen molar-refractivity contribution in [1.29, 1.82) is 0 Å². The zero-order valence-electron chi connectivity index (χ0n) is 21.4. The van der Waals surface area contributed by atoms with Gasteiger partial charge in [-0.15, -0.1) is 0 Å². The summed E-state index contributed by atoms with van der Waals surface area (Å²) in [7, 11) is 2.25. The average Bonchev–Trinajstić information content (AvgIpc) is 3.57. The van der Waals surface area contributed by atoms with Crippen LogP contribution in [0.4, 0.5) is 5.69 Å². The summed E-state index contributed by atoms with van der Waals surface area (Å²) in [5.41, 5.74) is 9.36. The Morgan fingerprint density at radius 3 is 1.79 bits per heavy atom. The summed E-state index contributed by atoms with van der Waals surface area (Å²) in [6.45, 7) is 0. The molecule has 0 aliphatic carbocycles. The van der Waals surface area contributed by atoms with Crippen LogP contribution in [0.5, 0.6) is 0 Å². The number of H-pyrrole nitrogens is 1. The first-order valence-corrected chi connectivity index (χ1v) is 13.2. The van der Waals surface area contributed by atoms with Crippen LogP contribution < -0.4 is 4.90 Å². The molecule has 1 unspecified atom stereocenters. The Morgan fingerprint density at radius 1 is 0.658 bits per heavy atom. The molecule has 0 fully saturated rings. The summed E-state index contributed by atoms with van der Waals surface area (Å²) in [5, 5.41) is 0. The number of hydrogen-bond donors (Lipinski definition) is 1. The smallest absolute Gasteiger partial charge is 0.138 e. The molecule has 0 saturated carbocycles. The van der Waals surface area contributed by atoms with Crippen LogP contribution in [0.1, 0.15) is 22.3 Å². The molecule has 38 heavy (non-hydrogen) atoms. The van der Waals surface area contributed by atoms with Crippen LogP contribution >= 0.6 is 0 Å². The lowest BCUT2D eigenvalue weighted by Gasteiger charge is -2.44. The monoisotopic (exact) mass is 491 g/mol. The molecule has 0 bridgehead atoms. The standard InChI is InChI=1S/C35H29N3/c1-38-32-23-13-20-28(34-36-30-21-11-12-22-31(30)37-34)29(32)24-33(38)35(25-14-5-2-6-15-25,26-16-7-3-8-17-26)27-18-9-4-10-19-27/h2-23,33H,24H2,1H3,(H,36,37). The summed E-state index contributed by atoms with van der Waals surface area (Å²) in [5.74, 6) is 0.932. The molecule has 0 radical (unpaired) electrons. The lowest BCUT2D eigenvalue weighted by molar-refractivity contribution is 0.471. The predicted octanol–water partition coefficient (Wildman–Crippen LogP) is 7.63. The van der Waals surface area contributed by atoms with Crippen molar-refractivity contribution in [2.24, 2.45) is 0 Å². The molecule has 1 N–H and O–H groups in total. The quantitative estimate of drug-likeness (QED) is 0.252. The summed E-state index contributed by atoms with van der Waals surface area (Å²) < 4.78 is 0. The Hall–Kier alpha value is -4.63. The Labute approximate surface area is 223 Å². The fraction of sp³-hybridized carbons (Fsp3) is 0.114. The molecule has 0 amide bonds. The van der Waals surface area contributed by atoms with Crippen molar-refractivity contribution in [2.45, 2.75) is 17.9 Å². The normalized spacial score (nSPS) is 15.1. The van der Waals surface area contributed by atoms with Crippen LogP contribution in [0.15, 0.2) is 133 Å². The lowest BCUT2D eigenvalue weighted by atomic mass is 9.63. The van der Waals surface area contributed by atoms with Gasteiger partial charge in [0.05, 0.1) is 22.5 Å². The average molecular weight is 492 g/mol. The first kappa shape index (κ1) is 22.6. The third kappa shape index (κ3) is 3.39. The number of para-hydroxylation sites is 2. The zero-order valence-corrected chi connectivity index (χ0v) is 21.4. The maximum absolute atomic E-state index is 4.97. The van der Waals surface area contributed by atoms with Gasteiger partial charge in [0.1, 0.15) is 5.82 Å². The number of rotatable bonds is 5. The summed E-state index contributed by atoms with van der Waals surface area (Å²) >= 11 is 0. The first-order chi connectivity index (χ1) is 18.8. The molecule has 3 nitrogen and oxygen atoms in total. The number of hydrogen-bond acceptors (Lipinski definition) is 2. The van der Waals surface area contributed by atoms with Crippen LogP contribution in [0, 0.1) is 0 Å². The number of aromatic amines is 1. The van der Waals surface area contributed by atoms with E-state index in [9.17, 15) is 0 Å². The van der Waals surface area contributed by atoms with E-state index in [1.807, 2.05) is 6.07 Å².